The third kappa shape index (κ3) is 6.39. The van der Waals surface area contributed by atoms with E-state index in [1.165, 1.54) is 11.3 Å². The van der Waals surface area contributed by atoms with Crippen LogP contribution in [0.2, 0.25) is 10.0 Å². The summed E-state index contributed by atoms with van der Waals surface area (Å²) < 4.78 is 5.27. The number of hydrogen-bond acceptors (Lipinski definition) is 7. The summed E-state index contributed by atoms with van der Waals surface area (Å²) in [5, 5.41) is 15.4. The van der Waals surface area contributed by atoms with Gasteiger partial charge in [-0.05, 0) is 47.7 Å². The van der Waals surface area contributed by atoms with Crippen molar-refractivity contribution in [2.45, 2.75) is 6.92 Å². The van der Waals surface area contributed by atoms with E-state index in [0.29, 0.717) is 67.8 Å². The monoisotopic (exact) mass is 560 g/mol. The fourth-order valence-corrected chi connectivity index (χ4v) is 5.51. The molecule has 0 unspecified atom stereocenters. The molecule has 0 N–H and O–H groups in total. The molecule has 1 aliphatic heterocycles. The zero-order valence-corrected chi connectivity index (χ0v) is 24.9. The van der Waals surface area contributed by atoms with E-state index in [4.69, 9.17) is 27.9 Å². The van der Waals surface area contributed by atoms with E-state index in [2.05, 4.69) is 4.99 Å². The topological polar surface area (TPSA) is 82.0 Å². The van der Waals surface area contributed by atoms with Gasteiger partial charge in [-0.3, -0.25) is 14.6 Å². The Morgan fingerprint density at radius 1 is 1.12 bits per heavy atom. The van der Waals surface area contributed by atoms with Gasteiger partial charge in [0.25, 0.3) is 5.91 Å². The molecule has 172 valence electrons. The summed E-state index contributed by atoms with van der Waals surface area (Å²) in [6.07, 6.45) is 0. The Morgan fingerprint density at radius 3 is 2.53 bits per heavy atom. The van der Waals surface area contributed by atoms with Gasteiger partial charge in [-0.1, -0.05) is 35.0 Å². The molecule has 11 heteroatoms. The average molecular weight is 562 g/mol. The van der Waals surface area contributed by atoms with Gasteiger partial charge in [0.05, 0.1) is 33.0 Å². The number of rotatable bonds is 6. The van der Waals surface area contributed by atoms with Gasteiger partial charge in [0.2, 0.25) is 0 Å². The van der Waals surface area contributed by atoms with E-state index in [-0.39, 0.29) is 75.4 Å². The third-order valence-electron chi connectivity index (χ3n) is 5.17. The number of Topliss-reactive ketones (excluding diaryl/α,β-unsaturated/α-hetero) is 1. The Morgan fingerprint density at radius 2 is 1.82 bits per heavy atom. The molecule has 3 heterocycles. The fourth-order valence-electron chi connectivity index (χ4n) is 3.31. The van der Waals surface area contributed by atoms with Crippen LogP contribution in [0.5, 0.6) is 5.75 Å². The van der Waals surface area contributed by atoms with Crippen molar-refractivity contribution in [2.75, 3.05) is 32.8 Å². The van der Waals surface area contributed by atoms with Crippen LogP contribution in [-0.4, -0.2) is 55.2 Å². The van der Waals surface area contributed by atoms with Crippen molar-refractivity contribution in [3.05, 3.63) is 61.1 Å². The molecule has 6 nitrogen and oxygen atoms in total. The van der Waals surface area contributed by atoms with E-state index in [1.807, 2.05) is 0 Å². The first kappa shape index (κ1) is 28.0. The molecule has 1 fully saturated rings. The predicted octanol–water partition coefficient (Wildman–Crippen LogP) is 2.03. The third-order valence-corrected chi connectivity index (χ3v) is 8.03. The van der Waals surface area contributed by atoms with Gasteiger partial charge in [-0.25, -0.2) is 0 Å². The van der Waals surface area contributed by atoms with Crippen molar-refractivity contribution in [3.63, 3.8) is 0 Å². The number of carbonyl (C=O) groups is 2. The molecule has 2 aromatic heterocycles. The molecule has 1 saturated heterocycles. The van der Waals surface area contributed by atoms with E-state index in [0.717, 1.165) is 11.3 Å². The van der Waals surface area contributed by atoms with Crippen molar-refractivity contribution in [1.82, 2.24) is 4.90 Å². The normalized spacial score (nSPS) is 14.1. The Balaban J connectivity index is 0.00000324. The quantitative estimate of drug-likeness (QED) is 0.262. The van der Waals surface area contributed by atoms with Gasteiger partial charge in [0, 0.05) is 23.7 Å². The molecule has 1 amide bonds. The summed E-state index contributed by atoms with van der Waals surface area (Å²) in [7, 11) is 0. The zero-order chi connectivity index (χ0) is 23.5. The summed E-state index contributed by atoms with van der Waals surface area (Å²) in [6, 6.07) is 8.37. The Hall–Kier alpha value is -0.594. The van der Waals surface area contributed by atoms with E-state index >= 15 is 0 Å². The van der Waals surface area contributed by atoms with Crippen molar-refractivity contribution >= 4 is 63.3 Å². The molecule has 1 aromatic carbocycles. The Labute approximate surface area is 258 Å². The molecule has 3 aromatic rings. The minimum Gasteiger partial charge on any atom is -0.871 e. The second-order valence-electron chi connectivity index (χ2n) is 7.33. The first-order chi connectivity index (χ1) is 15.8. The van der Waals surface area contributed by atoms with Gasteiger partial charge in [0.1, 0.15) is 6.54 Å². The molecule has 0 bridgehead atoms. The first-order valence-corrected chi connectivity index (χ1v) is 12.6. The molecule has 4 rings (SSSR count). The second kappa shape index (κ2) is 12.6. The molecular formula is C23H19Cl2KN2O4S2. The smallest absolute Gasteiger partial charge is 0.871 e. The summed E-state index contributed by atoms with van der Waals surface area (Å²) in [5.41, 5.74) is 1.62. The van der Waals surface area contributed by atoms with Gasteiger partial charge in [-0.2, -0.15) is 0 Å². The van der Waals surface area contributed by atoms with Crippen molar-refractivity contribution in [1.29, 1.82) is 0 Å². The largest absolute Gasteiger partial charge is 1.00 e. The average Bonchev–Trinajstić information content (AvgIpc) is 3.46. The Bertz CT molecular complexity index is 1240. The van der Waals surface area contributed by atoms with Gasteiger partial charge in [0.15, 0.2) is 5.78 Å². The van der Waals surface area contributed by atoms with Gasteiger partial charge < -0.3 is 14.7 Å². The number of ether oxygens (including phenoxy) is 1. The number of benzene rings is 1. The summed E-state index contributed by atoms with van der Waals surface area (Å²) in [6.45, 7) is 3.74. The first-order valence-electron chi connectivity index (χ1n) is 10.1. The number of carbonyl (C=O) groups excluding carboxylic acids is 2. The number of halogens is 2. The number of thiophene rings is 2. The minimum absolute atomic E-state index is 0. The van der Waals surface area contributed by atoms with Crippen molar-refractivity contribution < 1.29 is 70.8 Å². The van der Waals surface area contributed by atoms with Crippen LogP contribution in [0.25, 0.3) is 10.4 Å². The van der Waals surface area contributed by atoms with Crippen LogP contribution >= 0.6 is 45.9 Å². The maximum atomic E-state index is 12.9. The van der Waals surface area contributed by atoms with Crippen molar-refractivity contribution in [3.8, 4) is 16.2 Å². The minimum atomic E-state index is -0.201. The van der Waals surface area contributed by atoms with Gasteiger partial charge in [-0.15, -0.1) is 22.7 Å². The predicted molar refractivity (Wildman–Crippen MR) is 132 cm³/mol. The van der Waals surface area contributed by atoms with Crippen LogP contribution in [0.3, 0.4) is 0 Å². The van der Waals surface area contributed by atoms with E-state index < -0.39 is 0 Å². The zero-order valence-electron chi connectivity index (χ0n) is 18.6. The number of hydrogen-bond donors (Lipinski definition) is 0. The maximum Gasteiger partial charge on any atom is 1.00 e. The summed E-state index contributed by atoms with van der Waals surface area (Å²) in [5.74, 6) is -0.458. The summed E-state index contributed by atoms with van der Waals surface area (Å²) >= 11 is 14.5. The second-order valence-corrected chi connectivity index (χ2v) is 10.1. The standard InChI is InChI=1S/C23H20Cl2N2O4S2.K/c1-13(15-12-32-22(21(15)29)14-2-3-16(24)17(25)10-14)26-11-18(28)19-4-5-20(33-19)23(30)27-6-8-31-9-7-27;/h2-5,10,12,29H,6-9,11H2,1H3;/q;+1/p-1. The molecule has 34 heavy (non-hydrogen) atoms. The van der Waals surface area contributed by atoms with Crippen LogP contribution in [0.4, 0.5) is 0 Å². The molecule has 0 aliphatic carbocycles. The molecule has 0 atom stereocenters. The molecule has 1 aliphatic rings. The van der Waals surface area contributed by atoms with E-state index in [1.54, 1.807) is 47.5 Å². The summed E-state index contributed by atoms with van der Waals surface area (Å²) in [4.78, 5) is 32.8. The van der Waals surface area contributed by atoms with Gasteiger partial charge >= 0.3 is 51.4 Å². The van der Waals surface area contributed by atoms with Crippen LogP contribution in [-0.2, 0) is 4.74 Å². The van der Waals surface area contributed by atoms with E-state index in [9.17, 15) is 14.7 Å². The molecule has 0 saturated carbocycles. The number of amides is 1. The maximum absolute atomic E-state index is 12.9. The fraction of sp³-hybridized carbons (Fsp3) is 0.261. The molecule has 0 spiro atoms. The van der Waals surface area contributed by atoms with Crippen LogP contribution in [0.15, 0.2) is 40.7 Å². The molecular weight excluding hydrogens is 542 g/mol. The Kier molecular flexibility index (Phi) is 10.4. The number of aliphatic imine (C=N–C) groups is 1. The van der Waals surface area contributed by atoms with Crippen molar-refractivity contribution in [2.24, 2.45) is 4.99 Å². The van der Waals surface area contributed by atoms with Crippen LogP contribution in [0.1, 0.15) is 31.8 Å². The SMILES string of the molecule is CC(=NCC(=O)c1ccc(C(=O)N2CCOCC2)s1)c1csc(-c2ccc(Cl)c(Cl)c2)c1[O-].[K+]. The van der Waals surface area contributed by atoms with Crippen LogP contribution in [0, 0.1) is 0 Å². The molecule has 0 radical (unpaired) electrons. The van der Waals surface area contributed by atoms with Crippen LogP contribution < -0.4 is 56.5 Å². The number of ketones is 1. The number of morpholine rings is 1. The number of nitrogens with zero attached hydrogens (tertiary/aromatic N) is 2.